The maximum atomic E-state index is 10.3. The van der Waals surface area contributed by atoms with Crippen molar-refractivity contribution in [2.24, 2.45) is 5.92 Å². The summed E-state index contributed by atoms with van der Waals surface area (Å²) in [7, 11) is 0. The molecule has 0 fully saturated rings. The van der Waals surface area contributed by atoms with Crippen LogP contribution in [0, 0.1) is 12.8 Å². The third kappa shape index (κ3) is 5.70. The van der Waals surface area contributed by atoms with E-state index < -0.39 is 11.9 Å². The number of hydrogen-bond acceptors (Lipinski definition) is 2. The first-order valence-corrected chi connectivity index (χ1v) is 3.79. The van der Waals surface area contributed by atoms with Gasteiger partial charge in [0.1, 0.15) is 0 Å². The molecule has 0 aliphatic rings. The minimum absolute atomic E-state index is 0.0815. The molecule has 4 nitrogen and oxygen atoms in total. The topological polar surface area (TPSA) is 74.6 Å². The van der Waals surface area contributed by atoms with Gasteiger partial charge in [-0.1, -0.05) is 13.3 Å². The van der Waals surface area contributed by atoms with Crippen LogP contribution in [-0.2, 0) is 9.59 Å². The maximum Gasteiger partial charge on any atom is 0.303 e. The molecule has 0 aromatic heterocycles. The first-order valence-electron chi connectivity index (χ1n) is 3.79. The lowest BCUT2D eigenvalue weighted by Gasteiger charge is -2.09. The van der Waals surface area contributed by atoms with Crippen molar-refractivity contribution in [3.8, 4) is 0 Å². The average molecular weight is 173 g/mol. The summed E-state index contributed by atoms with van der Waals surface area (Å²) in [6, 6.07) is 0. The van der Waals surface area contributed by atoms with E-state index in [9.17, 15) is 9.59 Å². The molecule has 4 heteroatoms. The van der Waals surface area contributed by atoms with Crippen molar-refractivity contribution in [3.63, 3.8) is 0 Å². The molecule has 0 atom stereocenters. The Morgan fingerprint density at radius 1 is 1.17 bits per heavy atom. The number of carboxylic acids is 2. The fraction of sp³-hybridized carbons (Fsp3) is 0.625. The van der Waals surface area contributed by atoms with Gasteiger partial charge in [0.15, 0.2) is 0 Å². The van der Waals surface area contributed by atoms with Crippen LogP contribution in [0.5, 0.6) is 0 Å². The fourth-order valence-corrected chi connectivity index (χ4v) is 1.06. The lowest BCUT2D eigenvalue weighted by molar-refractivity contribution is -0.140. The Kier molecular flexibility index (Phi) is 5.08. The Bertz CT molecular complexity index is 148. The van der Waals surface area contributed by atoms with E-state index in [2.05, 4.69) is 6.92 Å². The molecule has 2 N–H and O–H groups in total. The van der Waals surface area contributed by atoms with Gasteiger partial charge in [0.05, 0.1) is 0 Å². The molecule has 0 aromatic rings. The van der Waals surface area contributed by atoms with Gasteiger partial charge in [-0.05, 0) is 12.3 Å². The van der Waals surface area contributed by atoms with E-state index in [1.807, 2.05) is 0 Å². The highest BCUT2D eigenvalue weighted by Crippen LogP contribution is 2.15. The predicted molar refractivity (Wildman–Crippen MR) is 42.6 cm³/mol. The summed E-state index contributed by atoms with van der Waals surface area (Å²) in [5.74, 6) is -2.18. The minimum atomic E-state index is -0.949. The second kappa shape index (κ2) is 5.57. The molecule has 0 saturated heterocycles. The lowest BCUT2D eigenvalue weighted by Crippen LogP contribution is -2.12. The zero-order valence-corrected chi connectivity index (χ0v) is 6.82. The Balaban J connectivity index is 3.85. The fourth-order valence-electron chi connectivity index (χ4n) is 1.06. The molecule has 0 aliphatic carbocycles. The van der Waals surface area contributed by atoms with Gasteiger partial charge < -0.3 is 10.2 Å². The maximum absolute atomic E-state index is 10.3. The summed E-state index contributed by atoms with van der Waals surface area (Å²) in [5, 5.41) is 16.8. The van der Waals surface area contributed by atoms with Gasteiger partial charge in [0.2, 0.25) is 0 Å². The van der Waals surface area contributed by atoms with Gasteiger partial charge in [-0.25, -0.2) is 0 Å². The first kappa shape index (κ1) is 10.9. The monoisotopic (exact) mass is 173 g/mol. The molecular formula is C8H13O4. The summed E-state index contributed by atoms with van der Waals surface area (Å²) in [4.78, 5) is 20.5. The van der Waals surface area contributed by atoms with Crippen molar-refractivity contribution in [1.82, 2.24) is 0 Å². The molecule has 0 saturated carbocycles. The quantitative estimate of drug-likeness (QED) is 0.632. The van der Waals surface area contributed by atoms with Crippen LogP contribution in [0.4, 0.5) is 0 Å². The van der Waals surface area contributed by atoms with Gasteiger partial charge in [0.25, 0.3) is 0 Å². The summed E-state index contributed by atoms with van der Waals surface area (Å²) in [5.41, 5.74) is 0. The van der Waals surface area contributed by atoms with Crippen molar-refractivity contribution < 1.29 is 19.8 Å². The third-order valence-corrected chi connectivity index (χ3v) is 1.54. The molecule has 69 valence electrons. The van der Waals surface area contributed by atoms with E-state index in [1.54, 1.807) is 0 Å². The Hall–Kier alpha value is -1.06. The normalized spacial score (nSPS) is 10.2. The van der Waals surface area contributed by atoms with Crippen LogP contribution in [-0.4, -0.2) is 22.2 Å². The van der Waals surface area contributed by atoms with E-state index in [4.69, 9.17) is 10.2 Å². The minimum Gasteiger partial charge on any atom is -0.481 e. The summed E-state index contributed by atoms with van der Waals surface area (Å²) < 4.78 is 0. The average Bonchev–Trinajstić information content (AvgIpc) is 1.84. The van der Waals surface area contributed by atoms with Crippen LogP contribution in [0.1, 0.15) is 25.7 Å². The summed E-state index contributed by atoms with van der Waals surface area (Å²) in [6.07, 6.45) is 0.966. The molecule has 0 spiro atoms. The second-order valence-corrected chi connectivity index (χ2v) is 2.70. The second-order valence-electron chi connectivity index (χ2n) is 2.70. The first-order chi connectivity index (χ1) is 5.56. The SMILES string of the molecule is [CH2]CCC(CC(=O)O)CC(=O)O. The lowest BCUT2D eigenvalue weighted by atomic mass is 9.96. The number of carboxylic acid groups (broad SMARTS) is 2. The molecule has 0 amide bonds. The van der Waals surface area contributed by atoms with Crippen molar-refractivity contribution in [2.45, 2.75) is 25.7 Å². The highest BCUT2D eigenvalue weighted by molar-refractivity contribution is 5.70. The van der Waals surface area contributed by atoms with Crippen LogP contribution in [0.15, 0.2) is 0 Å². The van der Waals surface area contributed by atoms with E-state index in [1.165, 1.54) is 0 Å². The Morgan fingerprint density at radius 2 is 1.58 bits per heavy atom. The van der Waals surface area contributed by atoms with Crippen LogP contribution >= 0.6 is 0 Å². The zero-order chi connectivity index (χ0) is 9.56. The number of hydrogen-bond donors (Lipinski definition) is 2. The number of rotatable bonds is 6. The number of aliphatic carboxylic acids is 2. The molecular weight excluding hydrogens is 160 g/mol. The Labute approximate surface area is 71.2 Å². The molecule has 1 radical (unpaired) electrons. The summed E-state index contributed by atoms with van der Waals surface area (Å²) >= 11 is 0. The standard InChI is InChI=1S/C8H13O4/c1-2-3-6(4-7(9)10)5-8(11)12/h6H,1-5H2,(H,9,10)(H,11,12). The van der Waals surface area contributed by atoms with E-state index in [0.29, 0.717) is 12.8 Å². The highest BCUT2D eigenvalue weighted by atomic mass is 16.4. The van der Waals surface area contributed by atoms with E-state index in [-0.39, 0.29) is 18.8 Å². The van der Waals surface area contributed by atoms with Crippen LogP contribution in [0.2, 0.25) is 0 Å². The van der Waals surface area contributed by atoms with Crippen molar-refractivity contribution in [2.75, 3.05) is 0 Å². The van der Waals surface area contributed by atoms with Gasteiger partial charge >= 0.3 is 11.9 Å². The highest BCUT2D eigenvalue weighted by Gasteiger charge is 2.15. The third-order valence-electron chi connectivity index (χ3n) is 1.54. The van der Waals surface area contributed by atoms with E-state index >= 15 is 0 Å². The zero-order valence-electron chi connectivity index (χ0n) is 6.82. The van der Waals surface area contributed by atoms with Crippen molar-refractivity contribution >= 4 is 11.9 Å². The number of carbonyl (C=O) groups is 2. The van der Waals surface area contributed by atoms with Crippen LogP contribution in [0.3, 0.4) is 0 Å². The van der Waals surface area contributed by atoms with Gasteiger partial charge in [-0.2, -0.15) is 0 Å². The molecule has 0 heterocycles. The van der Waals surface area contributed by atoms with Gasteiger partial charge in [-0.3, -0.25) is 9.59 Å². The molecule has 0 bridgehead atoms. The van der Waals surface area contributed by atoms with E-state index in [0.717, 1.165) is 0 Å². The molecule has 0 unspecified atom stereocenters. The largest absolute Gasteiger partial charge is 0.481 e. The predicted octanol–water partition coefficient (Wildman–Crippen LogP) is 1.17. The van der Waals surface area contributed by atoms with Gasteiger partial charge in [-0.15, -0.1) is 0 Å². The van der Waals surface area contributed by atoms with Crippen LogP contribution < -0.4 is 0 Å². The van der Waals surface area contributed by atoms with Crippen molar-refractivity contribution in [3.05, 3.63) is 6.92 Å². The molecule has 0 aliphatic heterocycles. The Morgan fingerprint density at radius 3 is 1.83 bits per heavy atom. The van der Waals surface area contributed by atoms with Crippen molar-refractivity contribution in [1.29, 1.82) is 0 Å². The van der Waals surface area contributed by atoms with Gasteiger partial charge in [0, 0.05) is 12.8 Å². The van der Waals surface area contributed by atoms with Crippen LogP contribution in [0.25, 0.3) is 0 Å². The smallest absolute Gasteiger partial charge is 0.303 e. The molecule has 0 aromatic carbocycles. The molecule has 12 heavy (non-hydrogen) atoms. The summed E-state index contributed by atoms with van der Waals surface area (Å²) in [6.45, 7) is 3.55. The molecule has 0 rings (SSSR count).